The molecule has 0 aliphatic rings. The highest BCUT2D eigenvalue weighted by molar-refractivity contribution is 7.80. The normalized spacial score (nSPS) is 10.6. The first kappa shape index (κ1) is 20.6. The average Bonchev–Trinajstić information content (AvgIpc) is 3.14. The molecule has 0 radical (unpaired) electrons. The maximum absolute atomic E-state index is 12.4. The lowest BCUT2D eigenvalue weighted by Crippen LogP contribution is -2.34. The summed E-state index contributed by atoms with van der Waals surface area (Å²) in [6, 6.07) is 13.0. The summed E-state index contributed by atoms with van der Waals surface area (Å²) in [5.74, 6) is 0.432. The van der Waals surface area contributed by atoms with E-state index >= 15 is 0 Å². The largest absolute Gasteiger partial charge is 0.459 e. The molecule has 0 atom stereocenters. The second kappa shape index (κ2) is 8.94. The first-order chi connectivity index (χ1) is 13.4. The number of hydrogen-bond acceptors (Lipinski definition) is 4. The second-order valence-corrected chi connectivity index (χ2v) is 7.31. The number of carbonyl (C=O) groups excluding carboxylic acids is 1. The van der Waals surface area contributed by atoms with E-state index in [1.54, 1.807) is 36.4 Å². The summed E-state index contributed by atoms with van der Waals surface area (Å²) in [6.07, 6.45) is 0. The monoisotopic (exact) mass is 454 g/mol. The van der Waals surface area contributed by atoms with Crippen LogP contribution in [0.4, 0.5) is 5.69 Å². The average molecular weight is 456 g/mol. The minimum Gasteiger partial charge on any atom is -0.459 e. The zero-order chi connectivity index (χ0) is 20.3. The molecule has 144 valence electrons. The first-order valence-corrected chi connectivity index (χ1v) is 9.48. The van der Waals surface area contributed by atoms with Gasteiger partial charge in [-0.3, -0.25) is 10.1 Å². The molecule has 0 saturated carbocycles. The fourth-order valence-corrected chi connectivity index (χ4v) is 3.20. The summed E-state index contributed by atoms with van der Waals surface area (Å²) < 4.78 is 5.51. The Morgan fingerprint density at radius 2 is 1.79 bits per heavy atom. The molecule has 9 heteroatoms. The Hall–Kier alpha value is -2.09. The second-order valence-electron chi connectivity index (χ2n) is 5.65. The number of furan rings is 1. The number of hydrogen-bond donors (Lipinski definition) is 3. The van der Waals surface area contributed by atoms with Crippen LogP contribution in [0.15, 0.2) is 52.9 Å². The Bertz CT molecular complexity index is 1050. The lowest BCUT2D eigenvalue weighted by Gasteiger charge is -2.12. The molecule has 1 aromatic heterocycles. The predicted octanol–water partition coefficient (Wildman–Crippen LogP) is 5.53. The van der Waals surface area contributed by atoms with E-state index < -0.39 is 5.91 Å². The molecule has 0 bridgehead atoms. The maximum Gasteiger partial charge on any atom is 0.258 e. The minimum atomic E-state index is -0.488. The lowest BCUT2D eigenvalue weighted by molar-refractivity contribution is 0.0978. The summed E-state index contributed by atoms with van der Waals surface area (Å²) in [7, 11) is 0. The molecule has 1 heterocycles. The Morgan fingerprint density at radius 1 is 1.04 bits per heavy atom. The molecule has 5 nitrogen and oxygen atoms in total. The van der Waals surface area contributed by atoms with Crippen molar-refractivity contribution in [1.29, 1.82) is 0 Å². The number of nitrogens with one attached hydrogen (secondary N) is 2. The third-order valence-electron chi connectivity index (χ3n) is 3.71. The quantitative estimate of drug-likeness (QED) is 0.451. The van der Waals surface area contributed by atoms with Gasteiger partial charge in [-0.1, -0.05) is 34.8 Å². The van der Waals surface area contributed by atoms with Crippen LogP contribution >= 0.6 is 47.0 Å². The van der Waals surface area contributed by atoms with E-state index in [1.807, 2.05) is 0 Å². The van der Waals surface area contributed by atoms with Crippen molar-refractivity contribution < 1.29 is 14.3 Å². The number of aliphatic hydroxyl groups is 1. The van der Waals surface area contributed by atoms with Crippen LogP contribution in [0.1, 0.15) is 16.1 Å². The SMILES string of the molecule is O=C(NC(=S)Nc1ccc(Cl)c(-c2ccc(CO)o2)c1)c1cc(Cl)ccc1Cl. The van der Waals surface area contributed by atoms with Crippen molar-refractivity contribution in [2.45, 2.75) is 6.61 Å². The third-order valence-corrected chi connectivity index (χ3v) is 4.81. The molecule has 0 saturated heterocycles. The molecular formula is C19H13Cl3N2O3S. The number of carbonyl (C=O) groups is 1. The van der Waals surface area contributed by atoms with Crippen molar-refractivity contribution >= 4 is 63.7 Å². The molecule has 0 spiro atoms. The number of amides is 1. The highest BCUT2D eigenvalue weighted by Gasteiger charge is 2.14. The molecule has 0 fully saturated rings. The van der Waals surface area contributed by atoms with Gasteiger partial charge in [0.05, 0.1) is 15.6 Å². The lowest BCUT2D eigenvalue weighted by atomic mass is 10.1. The van der Waals surface area contributed by atoms with E-state index in [2.05, 4.69) is 10.6 Å². The van der Waals surface area contributed by atoms with E-state index in [9.17, 15) is 4.79 Å². The van der Waals surface area contributed by atoms with Crippen molar-refractivity contribution in [3.8, 4) is 11.3 Å². The van der Waals surface area contributed by atoms with Gasteiger partial charge in [0.25, 0.3) is 5.91 Å². The fourth-order valence-electron chi connectivity index (χ4n) is 2.40. The number of rotatable bonds is 4. The van der Waals surface area contributed by atoms with Gasteiger partial charge in [-0.05, 0) is 60.7 Å². The number of benzene rings is 2. The van der Waals surface area contributed by atoms with Crippen molar-refractivity contribution in [2.75, 3.05) is 5.32 Å². The molecule has 0 aliphatic carbocycles. The van der Waals surface area contributed by atoms with Gasteiger partial charge in [-0.2, -0.15) is 0 Å². The van der Waals surface area contributed by atoms with Gasteiger partial charge in [-0.15, -0.1) is 0 Å². The summed E-state index contributed by atoms with van der Waals surface area (Å²) >= 11 is 23.4. The minimum absolute atomic E-state index is 0.0739. The van der Waals surface area contributed by atoms with Crippen LogP contribution < -0.4 is 10.6 Å². The van der Waals surface area contributed by atoms with Crippen molar-refractivity contribution in [3.63, 3.8) is 0 Å². The van der Waals surface area contributed by atoms with Gasteiger partial charge in [0.1, 0.15) is 18.1 Å². The summed E-state index contributed by atoms with van der Waals surface area (Å²) in [6.45, 7) is -0.211. The molecule has 3 N–H and O–H groups in total. The summed E-state index contributed by atoms with van der Waals surface area (Å²) in [4.78, 5) is 12.4. The van der Waals surface area contributed by atoms with E-state index in [-0.39, 0.29) is 22.3 Å². The van der Waals surface area contributed by atoms with Crippen LogP contribution in [0.25, 0.3) is 11.3 Å². The van der Waals surface area contributed by atoms with Gasteiger partial charge in [0.2, 0.25) is 0 Å². The maximum atomic E-state index is 12.4. The van der Waals surface area contributed by atoms with Crippen LogP contribution in [-0.4, -0.2) is 16.1 Å². The van der Waals surface area contributed by atoms with Gasteiger partial charge in [-0.25, -0.2) is 0 Å². The van der Waals surface area contributed by atoms with E-state index in [0.29, 0.717) is 32.8 Å². The number of aliphatic hydroxyl groups excluding tert-OH is 1. The molecule has 3 aromatic rings. The van der Waals surface area contributed by atoms with Crippen LogP contribution in [-0.2, 0) is 6.61 Å². The predicted molar refractivity (Wildman–Crippen MR) is 115 cm³/mol. The van der Waals surface area contributed by atoms with Crippen LogP contribution in [0.3, 0.4) is 0 Å². The zero-order valence-corrected chi connectivity index (χ0v) is 17.2. The van der Waals surface area contributed by atoms with Crippen LogP contribution in [0, 0.1) is 0 Å². The number of halogens is 3. The topological polar surface area (TPSA) is 74.5 Å². The van der Waals surface area contributed by atoms with Crippen molar-refractivity contribution in [3.05, 3.63) is 74.9 Å². The Kier molecular flexibility index (Phi) is 6.59. The molecular weight excluding hydrogens is 443 g/mol. The third kappa shape index (κ3) is 4.84. The number of anilines is 1. The van der Waals surface area contributed by atoms with E-state index in [4.69, 9.17) is 56.5 Å². The van der Waals surface area contributed by atoms with Crippen LogP contribution in [0.2, 0.25) is 15.1 Å². The molecule has 3 rings (SSSR count). The zero-order valence-electron chi connectivity index (χ0n) is 14.1. The Labute approximate surface area is 181 Å². The molecule has 2 aromatic carbocycles. The standard InChI is InChI=1S/C19H13Cl3N2O3S/c20-10-1-4-16(22)14(7-10)18(26)24-19(28)23-11-2-5-15(21)13(8-11)17-6-3-12(9-25)27-17/h1-8,25H,9H2,(H2,23,24,26,28). The van der Waals surface area contributed by atoms with Crippen LogP contribution in [0.5, 0.6) is 0 Å². The van der Waals surface area contributed by atoms with Gasteiger partial charge in [0.15, 0.2) is 5.11 Å². The highest BCUT2D eigenvalue weighted by Crippen LogP contribution is 2.32. The number of thiocarbonyl (C=S) groups is 1. The smallest absolute Gasteiger partial charge is 0.258 e. The molecule has 0 unspecified atom stereocenters. The fraction of sp³-hybridized carbons (Fsp3) is 0.0526. The van der Waals surface area contributed by atoms with E-state index in [0.717, 1.165) is 0 Å². The highest BCUT2D eigenvalue weighted by atomic mass is 35.5. The van der Waals surface area contributed by atoms with Gasteiger partial charge >= 0.3 is 0 Å². The first-order valence-electron chi connectivity index (χ1n) is 7.94. The summed E-state index contributed by atoms with van der Waals surface area (Å²) in [5.41, 5.74) is 1.41. The van der Waals surface area contributed by atoms with Crippen molar-refractivity contribution in [1.82, 2.24) is 5.32 Å². The Morgan fingerprint density at radius 3 is 2.50 bits per heavy atom. The molecule has 0 aliphatic heterocycles. The molecule has 28 heavy (non-hydrogen) atoms. The van der Waals surface area contributed by atoms with Gasteiger partial charge < -0.3 is 14.8 Å². The van der Waals surface area contributed by atoms with E-state index in [1.165, 1.54) is 12.1 Å². The van der Waals surface area contributed by atoms with Gasteiger partial charge in [0, 0.05) is 16.3 Å². The Balaban J connectivity index is 1.74. The molecule has 1 amide bonds. The van der Waals surface area contributed by atoms with Crippen molar-refractivity contribution in [2.24, 2.45) is 0 Å². The summed E-state index contributed by atoms with van der Waals surface area (Å²) in [5, 5.41) is 15.8.